The summed E-state index contributed by atoms with van der Waals surface area (Å²) >= 11 is 0. The summed E-state index contributed by atoms with van der Waals surface area (Å²) in [6, 6.07) is 4.17. The topological polar surface area (TPSA) is 101 Å². The third kappa shape index (κ3) is 3.33. The van der Waals surface area contributed by atoms with Crippen molar-refractivity contribution in [3.05, 3.63) is 28.3 Å². The van der Waals surface area contributed by atoms with Crippen LogP contribution in [0.5, 0.6) is 0 Å². The van der Waals surface area contributed by atoms with E-state index in [4.69, 9.17) is 0 Å². The maximum Gasteiger partial charge on any atom is 0.312 e. The fraction of sp³-hybridized carbons (Fsp3) is 0.538. The maximum absolute atomic E-state index is 12.4. The van der Waals surface area contributed by atoms with E-state index in [-0.39, 0.29) is 16.6 Å². The second kappa shape index (κ2) is 5.98. The van der Waals surface area contributed by atoms with Gasteiger partial charge in [-0.3, -0.25) is 10.1 Å². The van der Waals surface area contributed by atoms with Crippen LogP contribution in [0.25, 0.3) is 0 Å². The summed E-state index contributed by atoms with van der Waals surface area (Å²) in [5.41, 5.74) is -0.186. The van der Waals surface area contributed by atoms with E-state index >= 15 is 0 Å². The lowest BCUT2D eigenvalue weighted by Crippen LogP contribution is -2.28. The zero-order valence-electron chi connectivity index (χ0n) is 12.0. The summed E-state index contributed by atoms with van der Waals surface area (Å²) in [5, 5.41) is 14.1. The van der Waals surface area contributed by atoms with Crippen molar-refractivity contribution in [2.24, 2.45) is 5.92 Å². The summed E-state index contributed by atoms with van der Waals surface area (Å²) in [6.07, 6.45) is 1.68. The molecule has 21 heavy (non-hydrogen) atoms. The van der Waals surface area contributed by atoms with E-state index in [1.807, 2.05) is 6.92 Å². The van der Waals surface area contributed by atoms with Crippen LogP contribution in [0.1, 0.15) is 26.7 Å². The summed E-state index contributed by atoms with van der Waals surface area (Å²) < 4.78 is 27.3. The van der Waals surface area contributed by atoms with Crippen molar-refractivity contribution in [1.29, 1.82) is 0 Å². The molecule has 0 saturated heterocycles. The molecule has 8 heteroatoms. The molecule has 0 aromatic heterocycles. The van der Waals surface area contributed by atoms with Gasteiger partial charge < -0.3 is 5.32 Å². The Labute approximate surface area is 123 Å². The van der Waals surface area contributed by atoms with E-state index in [1.54, 1.807) is 6.92 Å². The van der Waals surface area contributed by atoms with Crippen LogP contribution in [0.15, 0.2) is 23.1 Å². The van der Waals surface area contributed by atoms with Gasteiger partial charge in [-0.1, -0.05) is 19.4 Å². The van der Waals surface area contributed by atoms with Gasteiger partial charge in [-0.2, -0.15) is 0 Å². The molecule has 1 aromatic rings. The fourth-order valence-corrected chi connectivity index (χ4v) is 3.88. The van der Waals surface area contributed by atoms with Gasteiger partial charge in [0, 0.05) is 12.6 Å². The minimum atomic E-state index is -3.89. The molecule has 0 aliphatic heterocycles. The quantitative estimate of drug-likeness (QED) is 0.593. The maximum atomic E-state index is 12.4. The number of para-hydroxylation sites is 1. The number of nitrogens with zero attached hydrogens (tertiary/aromatic N) is 1. The van der Waals surface area contributed by atoms with Gasteiger partial charge in [0.25, 0.3) is 0 Å². The standard InChI is InChI=1S/C13H19N3O4S/c1-3-9-8-11(9)15-21(19,20)12-7-5-6-10(14-4-2)13(12)16(17)18/h5-7,9,11,14-15H,3-4,8H2,1-2H3. The smallest absolute Gasteiger partial charge is 0.312 e. The predicted molar refractivity (Wildman–Crippen MR) is 79.8 cm³/mol. The van der Waals surface area contributed by atoms with Crippen molar-refractivity contribution in [2.45, 2.75) is 37.6 Å². The van der Waals surface area contributed by atoms with Crippen LogP contribution in [0.2, 0.25) is 0 Å². The van der Waals surface area contributed by atoms with Gasteiger partial charge in [-0.15, -0.1) is 0 Å². The molecule has 2 N–H and O–H groups in total. The second-order valence-corrected chi connectivity index (χ2v) is 6.75. The Bertz CT molecular complexity index is 645. The Morgan fingerprint density at radius 2 is 2.10 bits per heavy atom. The fourth-order valence-electron chi connectivity index (χ4n) is 2.37. The molecule has 0 bridgehead atoms. The van der Waals surface area contributed by atoms with E-state index in [0.29, 0.717) is 12.5 Å². The predicted octanol–water partition coefficient (Wildman–Crippen LogP) is 2.10. The Kier molecular flexibility index (Phi) is 4.48. The largest absolute Gasteiger partial charge is 0.380 e. The highest BCUT2D eigenvalue weighted by Gasteiger charge is 2.40. The minimum absolute atomic E-state index is 0.109. The van der Waals surface area contributed by atoms with E-state index in [2.05, 4.69) is 10.0 Å². The van der Waals surface area contributed by atoms with Gasteiger partial charge in [-0.25, -0.2) is 13.1 Å². The lowest BCUT2D eigenvalue weighted by molar-refractivity contribution is -0.386. The van der Waals surface area contributed by atoms with Crippen molar-refractivity contribution >= 4 is 21.4 Å². The molecule has 1 aromatic carbocycles. The molecule has 2 rings (SSSR count). The molecule has 116 valence electrons. The van der Waals surface area contributed by atoms with Crippen LogP contribution in [0.4, 0.5) is 11.4 Å². The Balaban J connectivity index is 2.38. The molecule has 0 radical (unpaired) electrons. The molecule has 0 amide bonds. The first kappa shape index (κ1) is 15.7. The van der Waals surface area contributed by atoms with Crippen molar-refractivity contribution < 1.29 is 13.3 Å². The van der Waals surface area contributed by atoms with Crippen LogP contribution in [0.3, 0.4) is 0 Å². The summed E-state index contributed by atoms with van der Waals surface area (Å²) in [5.74, 6) is 0.329. The third-order valence-electron chi connectivity index (χ3n) is 3.59. The van der Waals surface area contributed by atoms with Crippen LogP contribution < -0.4 is 10.0 Å². The summed E-state index contributed by atoms with van der Waals surface area (Å²) in [4.78, 5) is 10.3. The number of hydrogen-bond donors (Lipinski definition) is 2. The van der Waals surface area contributed by atoms with E-state index in [1.165, 1.54) is 18.2 Å². The number of benzene rings is 1. The van der Waals surface area contributed by atoms with Gasteiger partial charge in [0.1, 0.15) is 5.69 Å². The normalized spacial score (nSPS) is 21.0. The first-order valence-electron chi connectivity index (χ1n) is 6.94. The van der Waals surface area contributed by atoms with Gasteiger partial charge >= 0.3 is 5.69 Å². The number of nitrogens with one attached hydrogen (secondary N) is 2. The van der Waals surface area contributed by atoms with E-state index < -0.39 is 20.6 Å². The lowest BCUT2D eigenvalue weighted by atomic mass is 10.2. The molecule has 1 aliphatic rings. The Morgan fingerprint density at radius 1 is 1.38 bits per heavy atom. The number of nitro benzene ring substituents is 1. The second-order valence-electron chi connectivity index (χ2n) is 5.07. The molecule has 2 atom stereocenters. The number of nitro groups is 1. The minimum Gasteiger partial charge on any atom is -0.380 e. The molecular formula is C13H19N3O4S. The van der Waals surface area contributed by atoms with Crippen LogP contribution in [-0.4, -0.2) is 25.9 Å². The first-order chi connectivity index (χ1) is 9.90. The molecule has 0 heterocycles. The highest BCUT2D eigenvalue weighted by Crippen LogP contribution is 2.37. The summed E-state index contributed by atoms with van der Waals surface area (Å²) in [6.45, 7) is 4.25. The van der Waals surface area contributed by atoms with Gasteiger partial charge in [-0.05, 0) is 31.4 Å². The van der Waals surface area contributed by atoms with E-state index in [0.717, 1.165) is 12.8 Å². The first-order valence-corrected chi connectivity index (χ1v) is 8.42. The Hall–Kier alpha value is -1.67. The average molecular weight is 313 g/mol. The lowest BCUT2D eigenvalue weighted by Gasteiger charge is -2.10. The molecule has 1 saturated carbocycles. The van der Waals surface area contributed by atoms with Gasteiger partial charge in [0.05, 0.1) is 4.92 Å². The number of anilines is 1. The highest BCUT2D eigenvalue weighted by molar-refractivity contribution is 7.89. The van der Waals surface area contributed by atoms with Gasteiger partial charge in [0.2, 0.25) is 10.0 Å². The zero-order valence-corrected chi connectivity index (χ0v) is 12.8. The molecule has 7 nitrogen and oxygen atoms in total. The number of hydrogen-bond acceptors (Lipinski definition) is 5. The van der Waals surface area contributed by atoms with Crippen LogP contribution in [-0.2, 0) is 10.0 Å². The molecule has 1 fully saturated rings. The molecule has 1 aliphatic carbocycles. The average Bonchev–Trinajstić information content (AvgIpc) is 3.16. The third-order valence-corrected chi connectivity index (χ3v) is 5.11. The molecule has 2 unspecified atom stereocenters. The molecule has 0 spiro atoms. The SMILES string of the molecule is CCNc1cccc(S(=O)(=O)NC2CC2CC)c1[N+](=O)[O-]. The Morgan fingerprint density at radius 3 is 2.62 bits per heavy atom. The van der Waals surface area contributed by atoms with Crippen LogP contribution in [0, 0.1) is 16.0 Å². The summed E-state index contributed by atoms with van der Waals surface area (Å²) in [7, 11) is -3.89. The van der Waals surface area contributed by atoms with Crippen molar-refractivity contribution in [3.8, 4) is 0 Å². The zero-order chi connectivity index (χ0) is 15.6. The van der Waals surface area contributed by atoms with E-state index in [9.17, 15) is 18.5 Å². The monoisotopic (exact) mass is 313 g/mol. The van der Waals surface area contributed by atoms with Gasteiger partial charge in [0.15, 0.2) is 4.90 Å². The highest BCUT2D eigenvalue weighted by atomic mass is 32.2. The number of sulfonamides is 1. The van der Waals surface area contributed by atoms with Crippen molar-refractivity contribution in [3.63, 3.8) is 0 Å². The number of rotatable bonds is 7. The molecular weight excluding hydrogens is 294 g/mol. The van der Waals surface area contributed by atoms with Crippen molar-refractivity contribution in [1.82, 2.24) is 4.72 Å². The van der Waals surface area contributed by atoms with Crippen molar-refractivity contribution in [2.75, 3.05) is 11.9 Å². The van der Waals surface area contributed by atoms with Crippen LogP contribution >= 0.6 is 0 Å².